The summed E-state index contributed by atoms with van der Waals surface area (Å²) in [5.41, 5.74) is 10.3. The Morgan fingerprint density at radius 2 is 1.07 bits per heavy atom. The van der Waals surface area contributed by atoms with Crippen molar-refractivity contribution in [2.75, 3.05) is 12.0 Å². The summed E-state index contributed by atoms with van der Waals surface area (Å²) >= 11 is 0. The Kier molecular flexibility index (Phi) is 6.72. The number of benzene rings is 6. The van der Waals surface area contributed by atoms with Crippen molar-refractivity contribution in [3.05, 3.63) is 156 Å². The number of ketones is 1. The van der Waals surface area contributed by atoms with E-state index in [2.05, 4.69) is 90.7 Å². The Balaban J connectivity index is 1.26. The number of ether oxygens (including phenoxy) is 2. The third kappa shape index (κ3) is 4.93. The van der Waals surface area contributed by atoms with E-state index in [4.69, 9.17) is 9.47 Å². The SMILES string of the molecule is COc1ccc(C(=O)c2ccc(Oc3ccc4c(c3)-c3ccccc3-c3cc(C)ccc3N4c3ccccc3)cc2)cc1. The minimum atomic E-state index is -0.0494. The van der Waals surface area contributed by atoms with Crippen molar-refractivity contribution in [3.8, 4) is 39.5 Å². The second-order valence-electron chi connectivity index (χ2n) is 10.6. The number of methoxy groups -OCH3 is 1. The van der Waals surface area contributed by atoms with Crippen LogP contribution in [0.3, 0.4) is 0 Å². The number of carbonyl (C=O) groups excluding carboxylic acids is 1. The lowest BCUT2D eigenvalue weighted by molar-refractivity contribution is 0.103. The van der Waals surface area contributed by atoms with Crippen LogP contribution in [0.2, 0.25) is 0 Å². The smallest absolute Gasteiger partial charge is 0.193 e. The second kappa shape index (κ2) is 11.0. The molecule has 0 aliphatic carbocycles. The summed E-state index contributed by atoms with van der Waals surface area (Å²) in [5.74, 6) is 2.05. The molecule has 0 aromatic heterocycles. The highest BCUT2D eigenvalue weighted by Crippen LogP contribution is 2.51. The van der Waals surface area contributed by atoms with Crippen molar-refractivity contribution in [3.63, 3.8) is 0 Å². The molecule has 0 spiro atoms. The van der Waals surface area contributed by atoms with Crippen LogP contribution in [0.15, 0.2) is 140 Å². The summed E-state index contributed by atoms with van der Waals surface area (Å²) in [6.07, 6.45) is 0. The molecular formula is C39H29NO3. The molecule has 0 atom stereocenters. The molecule has 4 heteroatoms. The maximum Gasteiger partial charge on any atom is 0.193 e. The van der Waals surface area contributed by atoms with Crippen LogP contribution < -0.4 is 14.4 Å². The fraction of sp³-hybridized carbons (Fsp3) is 0.0513. The van der Waals surface area contributed by atoms with Gasteiger partial charge >= 0.3 is 0 Å². The topological polar surface area (TPSA) is 38.8 Å². The van der Waals surface area contributed by atoms with Crippen molar-refractivity contribution in [1.82, 2.24) is 0 Å². The average molecular weight is 560 g/mol. The molecule has 0 fully saturated rings. The molecule has 208 valence electrons. The number of fused-ring (bicyclic) bond motifs is 5. The standard InChI is InChI=1S/C39H29NO3/c1-26-12-22-37-35(24-26)33-10-6-7-11-34(33)36-25-32(21-23-38(36)40(37)29-8-4-3-5-9-29)43-31-19-15-28(16-20-31)39(41)27-13-17-30(42-2)18-14-27/h3-25H,1-2H3. The summed E-state index contributed by atoms with van der Waals surface area (Å²) in [5, 5.41) is 0. The molecular weight excluding hydrogens is 530 g/mol. The van der Waals surface area contributed by atoms with Gasteiger partial charge in [-0.05, 0) is 109 Å². The molecule has 0 N–H and O–H groups in total. The maximum absolute atomic E-state index is 13.0. The number of hydrogen-bond acceptors (Lipinski definition) is 4. The Labute approximate surface area is 251 Å². The predicted octanol–water partition coefficient (Wildman–Crippen LogP) is 10.1. The van der Waals surface area contributed by atoms with Crippen LogP contribution in [0.4, 0.5) is 17.1 Å². The van der Waals surface area contributed by atoms with Gasteiger partial charge in [0.1, 0.15) is 17.2 Å². The van der Waals surface area contributed by atoms with Crippen molar-refractivity contribution < 1.29 is 14.3 Å². The summed E-state index contributed by atoms with van der Waals surface area (Å²) in [4.78, 5) is 15.3. The Morgan fingerprint density at radius 3 is 1.70 bits per heavy atom. The number of hydrogen-bond donors (Lipinski definition) is 0. The van der Waals surface area contributed by atoms with Gasteiger partial charge in [0.05, 0.1) is 18.5 Å². The van der Waals surface area contributed by atoms with Gasteiger partial charge in [0, 0.05) is 27.9 Å². The Bertz CT molecular complexity index is 1940. The highest BCUT2D eigenvalue weighted by molar-refractivity contribution is 6.09. The van der Waals surface area contributed by atoms with Crippen LogP contribution in [0, 0.1) is 6.92 Å². The highest BCUT2D eigenvalue weighted by atomic mass is 16.5. The minimum absolute atomic E-state index is 0.0494. The fourth-order valence-electron chi connectivity index (χ4n) is 5.71. The van der Waals surface area contributed by atoms with E-state index in [9.17, 15) is 4.79 Å². The average Bonchev–Trinajstić information content (AvgIpc) is 3.18. The number of rotatable bonds is 6. The van der Waals surface area contributed by atoms with Crippen molar-refractivity contribution in [1.29, 1.82) is 0 Å². The number of nitrogens with zero attached hydrogens (tertiary/aromatic N) is 1. The molecule has 0 bridgehead atoms. The minimum Gasteiger partial charge on any atom is -0.497 e. The summed E-state index contributed by atoms with van der Waals surface area (Å²) in [6.45, 7) is 2.13. The lowest BCUT2D eigenvalue weighted by Crippen LogP contribution is -2.11. The van der Waals surface area contributed by atoms with Gasteiger partial charge in [-0.15, -0.1) is 0 Å². The quantitative estimate of drug-likeness (QED) is 0.190. The molecule has 6 aromatic carbocycles. The number of anilines is 3. The lowest BCUT2D eigenvalue weighted by atomic mass is 9.94. The molecule has 6 aromatic rings. The molecule has 1 heterocycles. The van der Waals surface area contributed by atoms with Crippen molar-refractivity contribution in [2.45, 2.75) is 6.92 Å². The predicted molar refractivity (Wildman–Crippen MR) is 173 cm³/mol. The molecule has 0 radical (unpaired) electrons. The molecule has 7 rings (SSSR count). The molecule has 4 nitrogen and oxygen atoms in total. The first kappa shape index (κ1) is 26.3. The van der Waals surface area contributed by atoms with E-state index in [0.717, 1.165) is 39.7 Å². The molecule has 1 aliphatic heterocycles. The van der Waals surface area contributed by atoms with E-state index in [0.29, 0.717) is 16.9 Å². The number of carbonyl (C=O) groups is 1. The van der Waals surface area contributed by atoms with Crippen LogP contribution in [-0.4, -0.2) is 12.9 Å². The fourth-order valence-corrected chi connectivity index (χ4v) is 5.71. The van der Waals surface area contributed by atoms with E-state index in [1.165, 1.54) is 16.7 Å². The maximum atomic E-state index is 13.0. The molecule has 0 saturated heterocycles. The molecule has 43 heavy (non-hydrogen) atoms. The first-order chi connectivity index (χ1) is 21.1. The Hall–Kier alpha value is -5.61. The van der Waals surface area contributed by atoms with Crippen molar-refractivity contribution in [2.24, 2.45) is 0 Å². The van der Waals surface area contributed by atoms with E-state index >= 15 is 0 Å². The van der Waals surface area contributed by atoms with Crippen molar-refractivity contribution >= 4 is 22.8 Å². The summed E-state index contributed by atoms with van der Waals surface area (Å²) in [7, 11) is 1.61. The van der Waals surface area contributed by atoms with Gasteiger partial charge in [0.2, 0.25) is 0 Å². The van der Waals surface area contributed by atoms with Gasteiger partial charge in [0.15, 0.2) is 5.78 Å². The number of aryl methyl sites for hydroxylation is 1. The molecule has 0 amide bonds. The van der Waals surface area contributed by atoms with Gasteiger partial charge in [-0.1, -0.05) is 54.1 Å². The normalized spacial score (nSPS) is 11.5. The van der Waals surface area contributed by atoms with Gasteiger partial charge < -0.3 is 14.4 Å². The highest BCUT2D eigenvalue weighted by Gasteiger charge is 2.26. The van der Waals surface area contributed by atoms with Crippen LogP contribution in [0.1, 0.15) is 21.5 Å². The van der Waals surface area contributed by atoms with Crippen LogP contribution >= 0.6 is 0 Å². The van der Waals surface area contributed by atoms with Crippen LogP contribution in [0.25, 0.3) is 22.3 Å². The van der Waals surface area contributed by atoms with E-state index in [1.807, 2.05) is 24.3 Å². The van der Waals surface area contributed by atoms with E-state index in [-0.39, 0.29) is 5.78 Å². The molecule has 0 saturated carbocycles. The third-order valence-corrected chi connectivity index (χ3v) is 7.83. The second-order valence-corrected chi connectivity index (χ2v) is 10.6. The molecule has 1 aliphatic rings. The summed E-state index contributed by atoms with van der Waals surface area (Å²) in [6, 6.07) is 46.3. The van der Waals surface area contributed by atoms with E-state index < -0.39 is 0 Å². The zero-order valence-electron chi connectivity index (χ0n) is 24.0. The van der Waals surface area contributed by atoms with Gasteiger partial charge in [0.25, 0.3) is 0 Å². The van der Waals surface area contributed by atoms with Gasteiger partial charge in [-0.2, -0.15) is 0 Å². The largest absolute Gasteiger partial charge is 0.497 e. The van der Waals surface area contributed by atoms with Gasteiger partial charge in [-0.25, -0.2) is 0 Å². The Morgan fingerprint density at radius 1 is 0.535 bits per heavy atom. The van der Waals surface area contributed by atoms with Crippen LogP contribution in [-0.2, 0) is 0 Å². The van der Waals surface area contributed by atoms with Gasteiger partial charge in [-0.3, -0.25) is 4.79 Å². The molecule has 0 unspecified atom stereocenters. The first-order valence-electron chi connectivity index (χ1n) is 14.3. The zero-order chi connectivity index (χ0) is 29.3. The third-order valence-electron chi connectivity index (χ3n) is 7.83. The summed E-state index contributed by atoms with van der Waals surface area (Å²) < 4.78 is 11.6. The number of para-hydroxylation sites is 1. The lowest BCUT2D eigenvalue weighted by Gasteiger charge is -2.27. The van der Waals surface area contributed by atoms with Crippen LogP contribution in [0.5, 0.6) is 17.2 Å². The monoisotopic (exact) mass is 559 g/mol. The van der Waals surface area contributed by atoms with E-state index in [1.54, 1.807) is 43.5 Å². The zero-order valence-corrected chi connectivity index (χ0v) is 24.0. The first-order valence-corrected chi connectivity index (χ1v) is 14.3.